The van der Waals surface area contributed by atoms with Crippen LogP contribution in [0.25, 0.3) is 10.8 Å². The Kier molecular flexibility index (Phi) is 4.23. The van der Waals surface area contributed by atoms with Gasteiger partial charge in [-0.1, -0.05) is 60.7 Å². The molecule has 0 radical (unpaired) electrons. The molecule has 1 atom stereocenters. The van der Waals surface area contributed by atoms with Crippen LogP contribution >= 0.6 is 11.8 Å². The minimum absolute atomic E-state index is 0.603. The molecule has 1 nitrogen and oxygen atoms in total. The van der Waals surface area contributed by atoms with E-state index in [9.17, 15) is 5.11 Å². The van der Waals surface area contributed by atoms with E-state index in [-0.39, 0.29) is 0 Å². The third-order valence-corrected chi connectivity index (χ3v) is 4.88. The summed E-state index contributed by atoms with van der Waals surface area (Å²) < 4.78 is 0. The van der Waals surface area contributed by atoms with Gasteiger partial charge in [0.2, 0.25) is 0 Å². The summed E-state index contributed by atoms with van der Waals surface area (Å²) in [4.78, 5) is 1.26. The summed E-state index contributed by atoms with van der Waals surface area (Å²) in [6.45, 7) is 1.89. The summed E-state index contributed by atoms with van der Waals surface area (Å²) in [6, 6.07) is 22.6. The van der Waals surface area contributed by atoms with Crippen molar-refractivity contribution in [3.8, 4) is 0 Å². The molecule has 0 aliphatic carbocycles. The van der Waals surface area contributed by atoms with E-state index in [1.54, 1.807) is 11.8 Å². The maximum atomic E-state index is 11.0. The molecular weight excluding hydrogens is 288 g/mol. The van der Waals surface area contributed by atoms with Crippen molar-refractivity contribution in [1.29, 1.82) is 0 Å². The molecule has 0 bridgehead atoms. The van der Waals surface area contributed by atoms with Gasteiger partial charge in [0, 0.05) is 11.3 Å². The van der Waals surface area contributed by atoms with Crippen molar-refractivity contribution >= 4 is 22.5 Å². The van der Waals surface area contributed by atoms with E-state index in [0.29, 0.717) is 6.42 Å². The SMILES string of the molecule is CSc1cccc2cccc(CC(C)(O)c3ccccc3)c12. The number of rotatable bonds is 4. The summed E-state index contributed by atoms with van der Waals surface area (Å²) in [5.74, 6) is 0. The molecule has 0 amide bonds. The van der Waals surface area contributed by atoms with E-state index in [2.05, 4.69) is 42.7 Å². The highest BCUT2D eigenvalue weighted by Crippen LogP contribution is 2.33. The number of fused-ring (bicyclic) bond motifs is 1. The molecule has 1 unspecified atom stereocenters. The zero-order valence-electron chi connectivity index (χ0n) is 12.9. The summed E-state index contributed by atoms with van der Waals surface area (Å²) in [7, 11) is 0. The van der Waals surface area contributed by atoms with Crippen LogP contribution in [0, 0.1) is 0 Å². The second-order valence-electron chi connectivity index (χ2n) is 5.79. The standard InChI is InChI=1S/C20H20OS/c1-20(21,17-11-4-3-5-12-17)14-16-10-6-8-15-9-7-13-18(22-2)19(15)16/h3-13,21H,14H2,1-2H3. The predicted octanol–water partition coefficient (Wildman–Crippen LogP) is 5.01. The first-order chi connectivity index (χ1) is 10.6. The zero-order valence-corrected chi connectivity index (χ0v) is 13.7. The second-order valence-corrected chi connectivity index (χ2v) is 6.64. The molecule has 22 heavy (non-hydrogen) atoms. The maximum absolute atomic E-state index is 11.0. The van der Waals surface area contributed by atoms with E-state index in [1.807, 2.05) is 37.3 Å². The molecule has 0 saturated carbocycles. The van der Waals surface area contributed by atoms with Crippen LogP contribution in [0.4, 0.5) is 0 Å². The number of benzene rings is 3. The minimum atomic E-state index is -0.874. The molecular formula is C20H20OS. The summed E-state index contributed by atoms with van der Waals surface area (Å²) in [5.41, 5.74) is 1.27. The van der Waals surface area contributed by atoms with Crippen molar-refractivity contribution < 1.29 is 5.11 Å². The first kappa shape index (κ1) is 15.1. The topological polar surface area (TPSA) is 20.2 Å². The van der Waals surface area contributed by atoms with Gasteiger partial charge in [0.25, 0.3) is 0 Å². The van der Waals surface area contributed by atoms with Crippen LogP contribution in [0.3, 0.4) is 0 Å². The third-order valence-electron chi connectivity index (χ3n) is 4.10. The first-order valence-corrected chi connectivity index (χ1v) is 8.67. The molecule has 0 fully saturated rings. The second kappa shape index (κ2) is 6.15. The van der Waals surface area contributed by atoms with Crippen molar-refractivity contribution in [3.05, 3.63) is 77.9 Å². The fourth-order valence-electron chi connectivity index (χ4n) is 2.97. The first-order valence-electron chi connectivity index (χ1n) is 7.44. The summed E-state index contributed by atoms with van der Waals surface area (Å²) >= 11 is 1.75. The summed E-state index contributed by atoms with van der Waals surface area (Å²) in [6.07, 6.45) is 2.70. The third kappa shape index (κ3) is 2.90. The molecule has 0 aliphatic rings. The molecule has 0 heterocycles. The molecule has 0 aliphatic heterocycles. The molecule has 0 saturated heterocycles. The van der Waals surface area contributed by atoms with Gasteiger partial charge in [0.1, 0.15) is 0 Å². The highest BCUT2D eigenvalue weighted by atomic mass is 32.2. The lowest BCUT2D eigenvalue weighted by molar-refractivity contribution is 0.0579. The van der Waals surface area contributed by atoms with Gasteiger partial charge in [-0.3, -0.25) is 0 Å². The Morgan fingerprint density at radius 2 is 1.59 bits per heavy atom. The molecule has 0 aromatic heterocycles. The predicted molar refractivity (Wildman–Crippen MR) is 95.4 cm³/mol. The lowest BCUT2D eigenvalue weighted by Gasteiger charge is -2.25. The molecule has 0 spiro atoms. The molecule has 3 aromatic rings. The van der Waals surface area contributed by atoms with Gasteiger partial charge in [-0.05, 0) is 41.1 Å². The normalized spacial score (nSPS) is 14.0. The number of hydrogen-bond acceptors (Lipinski definition) is 2. The van der Waals surface area contributed by atoms with Crippen LogP contribution in [0.2, 0.25) is 0 Å². The Morgan fingerprint density at radius 1 is 0.909 bits per heavy atom. The van der Waals surface area contributed by atoms with E-state index < -0.39 is 5.60 Å². The van der Waals surface area contributed by atoms with Gasteiger partial charge < -0.3 is 5.11 Å². The molecule has 3 aromatic carbocycles. The van der Waals surface area contributed by atoms with Crippen LogP contribution in [0.1, 0.15) is 18.1 Å². The van der Waals surface area contributed by atoms with Gasteiger partial charge in [0.15, 0.2) is 0 Å². The molecule has 3 rings (SSSR count). The number of aliphatic hydroxyl groups is 1. The van der Waals surface area contributed by atoms with Crippen molar-refractivity contribution in [2.24, 2.45) is 0 Å². The van der Waals surface area contributed by atoms with Gasteiger partial charge in [0.05, 0.1) is 5.60 Å². The van der Waals surface area contributed by atoms with E-state index in [4.69, 9.17) is 0 Å². The summed E-state index contributed by atoms with van der Waals surface area (Å²) in [5, 5.41) is 13.4. The average molecular weight is 308 g/mol. The van der Waals surface area contributed by atoms with Crippen LogP contribution in [0.5, 0.6) is 0 Å². The highest BCUT2D eigenvalue weighted by Gasteiger charge is 2.24. The Morgan fingerprint density at radius 3 is 2.27 bits per heavy atom. The smallest absolute Gasteiger partial charge is 0.0908 e. The molecule has 1 N–H and O–H groups in total. The average Bonchev–Trinajstić information content (AvgIpc) is 2.55. The van der Waals surface area contributed by atoms with Crippen LogP contribution in [-0.4, -0.2) is 11.4 Å². The van der Waals surface area contributed by atoms with Gasteiger partial charge in [-0.2, -0.15) is 0 Å². The Balaban J connectivity index is 2.08. The quantitative estimate of drug-likeness (QED) is 0.684. The van der Waals surface area contributed by atoms with E-state index in [1.165, 1.54) is 21.2 Å². The highest BCUT2D eigenvalue weighted by molar-refractivity contribution is 7.98. The fraction of sp³-hybridized carbons (Fsp3) is 0.200. The van der Waals surface area contributed by atoms with Crippen LogP contribution in [0.15, 0.2) is 71.6 Å². The Labute approximate surface area is 136 Å². The molecule has 112 valence electrons. The van der Waals surface area contributed by atoms with Gasteiger partial charge in [-0.25, -0.2) is 0 Å². The van der Waals surface area contributed by atoms with Gasteiger partial charge >= 0.3 is 0 Å². The largest absolute Gasteiger partial charge is 0.385 e. The lowest BCUT2D eigenvalue weighted by Crippen LogP contribution is -2.24. The minimum Gasteiger partial charge on any atom is -0.385 e. The van der Waals surface area contributed by atoms with Crippen molar-refractivity contribution in [2.45, 2.75) is 23.8 Å². The Hall–Kier alpha value is -1.77. The van der Waals surface area contributed by atoms with Crippen molar-refractivity contribution in [1.82, 2.24) is 0 Å². The molecule has 2 heteroatoms. The number of thioether (sulfide) groups is 1. The monoisotopic (exact) mass is 308 g/mol. The maximum Gasteiger partial charge on any atom is 0.0908 e. The zero-order chi connectivity index (χ0) is 15.6. The van der Waals surface area contributed by atoms with Crippen LogP contribution in [-0.2, 0) is 12.0 Å². The fourth-order valence-corrected chi connectivity index (χ4v) is 3.64. The van der Waals surface area contributed by atoms with Gasteiger partial charge in [-0.15, -0.1) is 11.8 Å². The van der Waals surface area contributed by atoms with E-state index in [0.717, 1.165) is 5.56 Å². The van der Waals surface area contributed by atoms with Crippen LogP contribution < -0.4 is 0 Å². The van der Waals surface area contributed by atoms with Crippen molar-refractivity contribution in [3.63, 3.8) is 0 Å². The van der Waals surface area contributed by atoms with Crippen molar-refractivity contribution in [2.75, 3.05) is 6.26 Å². The Bertz CT molecular complexity index is 773. The number of hydrogen-bond donors (Lipinski definition) is 1. The lowest BCUT2D eigenvalue weighted by atomic mass is 9.87. The van der Waals surface area contributed by atoms with E-state index >= 15 is 0 Å².